The molecular weight excluding hydrogens is 593 g/mol. The number of nitriles is 1. The number of amides is 1. The molecule has 1 atom stereocenters. The van der Waals surface area contributed by atoms with Crippen LogP contribution < -0.4 is 16.0 Å². The van der Waals surface area contributed by atoms with Crippen molar-refractivity contribution < 1.29 is 18.9 Å². The number of ketones is 1. The third-order valence-electron chi connectivity index (χ3n) is 6.48. The molecule has 1 aliphatic heterocycles. The van der Waals surface area contributed by atoms with Gasteiger partial charge in [-0.25, -0.2) is 4.39 Å². The highest BCUT2D eigenvalue weighted by molar-refractivity contribution is 8.01. The number of nitrogens with two attached hydrogens (primary N) is 1. The number of halogens is 2. The molecule has 2 heterocycles. The average molecular weight is 612 g/mol. The van der Waals surface area contributed by atoms with Crippen LogP contribution >= 0.6 is 34.7 Å². The number of allylic oxidation sites excluding steroid dienone is 3. The maximum absolute atomic E-state index is 14.9. The van der Waals surface area contributed by atoms with Crippen molar-refractivity contribution in [3.8, 4) is 6.07 Å². The van der Waals surface area contributed by atoms with Gasteiger partial charge in [0.15, 0.2) is 10.1 Å². The maximum Gasteiger partial charge on any atom is 0.271 e. The first-order chi connectivity index (χ1) is 19.7. The lowest BCUT2D eigenvalue weighted by Crippen LogP contribution is -2.38. The normalized spacial score (nSPS) is 16.9. The van der Waals surface area contributed by atoms with Gasteiger partial charge in [-0.2, -0.15) is 5.26 Å². The Bertz CT molecular complexity index is 1700. The van der Waals surface area contributed by atoms with Gasteiger partial charge in [-0.3, -0.25) is 24.6 Å². The zero-order valence-corrected chi connectivity index (χ0v) is 23.4. The summed E-state index contributed by atoms with van der Waals surface area (Å²) in [6.45, 7) is 0. The summed E-state index contributed by atoms with van der Waals surface area (Å²) in [7, 11) is 0. The Morgan fingerprint density at radius 1 is 1.32 bits per heavy atom. The van der Waals surface area contributed by atoms with Crippen molar-refractivity contribution in [3.05, 3.63) is 91.6 Å². The SMILES string of the molecule is N#CC1=C(N)N(c2nnc(SCC(=O)Nc3cc([N+](=O)[O-])ccc3Cl)s2)C2=C(C(=O)CCC2)C1c1ccccc1F. The van der Waals surface area contributed by atoms with E-state index in [1.165, 1.54) is 29.2 Å². The van der Waals surface area contributed by atoms with Gasteiger partial charge < -0.3 is 11.1 Å². The molecule has 11 nitrogen and oxygen atoms in total. The molecule has 0 spiro atoms. The van der Waals surface area contributed by atoms with Crippen molar-refractivity contribution in [3.63, 3.8) is 0 Å². The second-order valence-electron chi connectivity index (χ2n) is 8.95. The van der Waals surface area contributed by atoms with Gasteiger partial charge in [-0.15, -0.1) is 10.2 Å². The highest BCUT2D eigenvalue weighted by atomic mass is 35.5. The van der Waals surface area contributed by atoms with E-state index in [1.807, 2.05) is 0 Å². The highest BCUT2D eigenvalue weighted by Crippen LogP contribution is 2.47. The first-order valence-corrected chi connectivity index (χ1v) is 14.3. The lowest BCUT2D eigenvalue weighted by Gasteiger charge is -2.38. The largest absolute Gasteiger partial charge is 0.384 e. The van der Waals surface area contributed by atoms with Crippen LogP contribution in [0.1, 0.15) is 30.7 Å². The maximum atomic E-state index is 14.9. The van der Waals surface area contributed by atoms with Gasteiger partial charge in [-0.1, -0.05) is 52.9 Å². The number of hydrogen-bond acceptors (Lipinski definition) is 11. The zero-order chi connectivity index (χ0) is 29.3. The molecule has 41 heavy (non-hydrogen) atoms. The number of nitro benzene ring substituents is 1. The number of nitrogens with zero attached hydrogens (tertiary/aromatic N) is 5. The summed E-state index contributed by atoms with van der Waals surface area (Å²) < 4.78 is 15.3. The van der Waals surface area contributed by atoms with E-state index in [9.17, 15) is 29.4 Å². The minimum Gasteiger partial charge on any atom is -0.384 e. The lowest BCUT2D eigenvalue weighted by molar-refractivity contribution is -0.384. The van der Waals surface area contributed by atoms with Gasteiger partial charge in [0.2, 0.25) is 11.0 Å². The minimum absolute atomic E-state index is 0.0277. The number of aromatic nitrogens is 2. The molecule has 1 amide bonds. The fourth-order valence-electron chi connectivity index (χ4n) is 4.71. The topological polar surface area (TPSA) is 168 Å². The second-order valence-corrected chi connectivity index (χ2v) is 11.5. The molecule has 0 saturated carbocycles. The summed E-state index contributed by atoms with van der Waals surface area (Å²) in [6.07, 6.45) is 1.27. The van der Waals surface area contributed by atoms with Crippen molar-refractivity contribution in [1.82, 2.24) is 10.2 Å². The Morgan fingerprint density at radius 2 is 2.10 bits per heavy atom. The zero-order valence-electron chi connectivity index (χ0n) is 21.0. The van der Waals surface area contributed by atoms with E-state index in [0.29, 0.717) is 28.5 Å². The Hall–Kier alpha value is -4.32. The number of non-ortho nitro benzene ring substituents is 1. The number of benzene rings is 2. The molecule has 3 N–H and O–H groups in total. The van der Waals surface area contributed by atoms with E-state index in [-0.39, 0.29) is 56.4 Å². The van der Waals surface area contributed by atoms with Gasteiger partial charge in [0.25, 0.3) is 5.69 Å². The molecule has 0 saturated heterocycles. The van der Waals surface area contributed by atoms with Crippen molar-refractivity contribution in [2.24, 2.45) is 5.73 Å². The van der Waals surface area contributed by atoms with Crippen LogP contribution in [0.5, 0.6) is 0 Å². The summed E-state index contributed by atoms with van der Waals surface area (Å²) in [5.41, 5.74) is 7.44. The molecule has 0 fully saturated rings. The van der Waals surface area contributed by atoms with Crippen molar-refractivity contribution in [2.45, 2.75) is 29.5 Å². The van der Waals surface area contributed by atoms with Crippen LogP contribution in [-0.4, -0.2) is 32.6 Å². The Kier molecular flexibility index (Phi) is 8.02. The standard InChI is InChI=1S/C26H19ClFN7O4S2/c27-16-9-8-13(35(38)39)10-18(16)31-21(37)12-40-26-33-32-25(41-26)34-19-6-3-7-20(36)23(19)22(15(11-29)24(34)30)14-4-1-2-5-17(14)28/h1-2,4-5,8-10,22H,3,6-7,12,30H2,(H,31,37). The summed E-state index contributed by atoms with van der Waals surface area (Å²) in [6, 6.07) is 11.8. The number of nitrogens with one attached hydrogen (secondary N) is 1. The van der Waals surface area contributed by atoms with Gasteiger partial charge >= 0.3 is 0 Å². The van der Waals surface area contributed by atoms with Crippen LogP contribution in [0.2, 0.25) is 5.02 Å². The quantitative estimate of drug-likeness (QED) is 0.204. The molecule has 1 aliphatic carbocycles. The van der Waals surface area contributed by atoms with Crippen LogP contribution in [0.4, 0.5) is 20.9 Å². The van der Waals surface area contributed by atoms with E-state index in [2.05, 4.69) is 21.6 Å². The predicted molar refractivity (Wildman–Crippen MR) is 152 cm³/mol. The number of rotatable bonds is 7. The minimum atomic E-state index is -0.939. The van der Waals surface area contributed by atoms with E-state index in [1.54, 1.807) is 12.1 Å². The molecule has 1 unspecified atom stereocenters. The summed E-state index contributed by atoms with van der Waals surface area (Å²) in [4.78, 5) is 37.7. The fourth-order valence-corrected chi connectivity index (χ4v) is 6.56. The molecule has 208 valence electrons. The van der Waals surface area contributed by atoms with Crippen molar-refractivity contribution in [1.29, 1.82) is 5.26 Å². The lowest BCUT2D eigenvalue weighted by atomic mass is 9.75. The molecule has 1 aromatic heterocycles. The molecule has 5 rings (SSSR count). The number of Topliss-reactive ketones (excluding diaryl/α,β-unsaturated/α-hetero) is 1. The molecule has 2 aliphatic rings. The number of nitro groups is 1. The first kappa shape index (κ1) is 28.2. The van der Waals surface area contributed by atoms with Crippen LogP contribution in [0.25, 0.3) is 0 Å². The molecular formula is C26H19ClFN7O4S2. The van der Waals surface area contributed by atoms with Gasteiger partial charge in [0.05, 0.1) is 38.9 Å². The number of thioether (sulfide) groups is 1. The van der Waals surface area contributed by atoms with Crippen molar-refractivity contribution in [2.75, 3.05) is 16.0 Å². The number of carbonyl (C=O) groups is 2. The molecule has 15 heteroatoms. The summed E-state index contributed by atoms with van der Waals surface area (Å²) in [5.74, 6) is -2.24. The third kappa shape index (κ3) is 5.51. The van der Waals surface area contributed by atoms with Gasteiger partial charge in [0.1, 0.15) is 11.6 Å². The third-order valence-corrected chi connectivity index (χ3v) is 8.85. The highest BCUT2D eigenvalue weighted by Gasteiger charge is 2.42. The molecule has 3 aromatic rings. The van der Waals surface area contributed by atoms with E-state index < -0.39 is 22.6 Å². The van der Waals surface area contributed by atoms with Crippen LogP contribution in [0.15, 0.2) is 69.5 Å². The first-order valence-electron chi connectivity index (χ1n) is 12.1. The number of anilines is 2. The van der Waals surface area contributed by atoms with Gasteiger partial charge in [-0.05, 0) is 25.0 Å². The van der Waals surface area contributed by atoms with Crippen molar-refractivity contribution >= 4 is 62.9 Å². The van der Waals surface area contributed by atoms with E-state index in [4.69, 9.17) is 17.3 Å². The van der Waals surface area contributed by atoms with Crippen LogP contribution in [-0.2, 0) is 9.59 Å². The monoisotopic (exact) mass is 611 g/mol. The van der Waals surface area contributed by atoms with Gasteiger partial charge in [0, 0.05) is 35.4 Å². The number of hydrogen-bond donors (Lipinski definition) is 2. The summed E-state index contributed by atoms with van der Waals surface area (Å²) >= 11 is 8.21. The molecule has 2 aromatic carbocycles. The van der Waals surface area contributed by atoms with E-state index in [0.717, 1.165) is 29.2 Å². The van der Waals surface area contributed by atoms with Crippen LogP contribution in [0.3, 0.4) is 0 Å². The van der Waals surface area contributed by atoms with Crippen LogP contribution in [0, 0.1) is 27.3 Å². The molecule has 0 radical (unpaired) electrons. The predicted octanol–water partition coefficient (Wildman–Crippen LogP) is 5.27. The summed E-state index contributed by atoms with van der Waals surface area (Å²) in [5, 5.41) is 32.4. The number of carbonyl (C=O) groups excluding carboxylic acids is 2. The fraction of sp³-hybridized carbons (Fsp3) is 0.192. The Morgan fingerprint density at radius 3 is 2.83 bits per heavy atom. The second kappa shape index (κ2) is 11.7. The molecule has 0 bridgehead atoms. The Balaban J connectivity index is 1.40. The Labute approximate surface area is 245 Å². The average Bonchev–Trinajstić information content (AvgIpc) is 3.41. The van der Waals surface area contributed by atoms with E-state index >= 15 is 0 Å². The smallest absolute Gasteiger partial charge is 0.271 e.